The highest BCUT2D eigenvalue weighted by molar-refractivity contribution is 7.90. The molecule has 0 saturated heterocycles. The van der Waals surface area contributed by atoms with E-state index in [2.05, 4.69) is 0 Å². The van der Waals surface area contributed by atoms with Gasteiger partial charge in [-0.3, -0.25) is 4.79 Å². The molecule has 1 aromatic heterocycles. The predicted octanol–water partition coefficient (Wildman–Crippen LogP) is 5.37. The molecule has 0 amide bonds. The van der Waals surface area contributed by atoms with Crippen molar-refractivity contribution in [3.8, 4) is 10.4 Å². The smallest absolute Gasteiger partial charge is 0.417 e. The molecule has 0 aliphatic carbocycles. The zero-order chi connectivity index (χ0) is 28.5. The second kappa shape index (κ2) is 10.8. The van der Waals surface area contributed by atoms with Crippen molar-refractivity contribution in [3.05, 3.63) is 71.1 Å². The first kappa shape index (κ1) is 29.8. The number of benzene rings is 2. The Kier molecular flexibility index (Phi) is 8.47. The number of alkyl halides is 3. The summed E-state index contributed by atoms with van der Waals surface area (Å²) in [6, 6.07) is 13.4. The first-order valence-electron chi connectivity index (χ1n) is 11.2. The molecule has 0 unspecified atom stereocenters. The lowest BCUT2D eigenvalue weighted by atomic mass is 10.1. The van der Waals surface area contributed by atoms with Gasteiger partial charge in [-0.25, -0.2) is 16.8 Å². The van der Waals surface area contributed by atoms with Gasteiger partial charge >= 0.3 is 12.1 Å². The minimum atomic E-state index is -4.92. The molecular weight excluding hydrogens is 563 g/mol. The molecule has 2 aromatic carbocycles. The fraction of sp³-hybridized carbons (Fsp3) is 0.320. The number of esters is 1. The summed E-state index contributed by atoms with van der Waals surface area (Å²) in [6.45, 7) is 3.34. The van der Waals surface area contributed by atoms with Gasteiger partial charge in [-0.1, -0.05) is 24.3 Å². The molecule has 0 atom stereocenters. The maximum absolute atomic E-state index is 13.7. The average Bonchev–Trinajstić information content (AvgIpc) is 3.25. The monoisotopic (exact) mass is 589 g/mol. The number of nitrogens with zero attached hydrogens (tertiary/aromatic N) is 1. The molecule has 0 saturated carbocycles. The number of sulfonamides is 1. The zero-order valence-corrected chi connectivity index (χ0v) is 23.4. The van der Waals surface area contributed by atoms with Crippen molar-refractivity contribution in [2.24, 2.45) is 0 Å². The molecule has 0 N–H and O–H groups in total. The van der Waals surface area contributed by atoms with Crippen LogP contribution in [0.5, 0.6) is 0 Å². The summed E-state index contributed by atoms with van der Waals surface area (Å²) in [5, 5.41) is 0. The quantitative estimate of drug-likeness (QED) is 0.312. The molecule has 38 heavy (non-hydrogen) atoms. The first-order chi connectivity index (χ1) is 17.4. The van der Waals surface area contributed by atoms with Crippen LogP contribution in [0.1, 0.15) is 31.2 Å². The van der Waals surface area contributed by atoms with Crippen molar-refractivity contribution >= 4 is 37.2 Å². The number of sulfone groups is 1. The molecule has 0 spiro atoms. The van der Waals surface area contributed by atoms with Gasteiger partial charge in [-0.2, -0.15) is 17.5 Å². The maximum Gasteiger partial charge on any atom is 0.417 e. The van der Waals surface area contributed by atoms with Crippen molar-refractivity contribution < 1.29 is 39.5 Å². The third kappa shape index (κ3) is 7.22. The van der Waals surface area contributed by atoms with E-state index in [4.69, 9.17) is 4.74 Å². The van der Waals surface area contributed by atoms with Crippen molar-refractivity contribution in [2.75, 3.05) is 12.8 Å². The van der Waals surface area contributed by atoms with Gasteiger partial charge in [0.05, 0.1) is 21.9 Å². The Labute approximate surface area is 223 Å². The molecule has 0 radical (unpaired) electrons. The van der Waals surface area contributed by atoms with Gasteiger partial charge in [0.15, 0.2) is 9.84 Å². The van der Waals surface area contributed by atoms with Gasteiger partial charge in [0.1, 0.15) is 5.60 Å². The van der Waals surface area contributed by atoms with E-state index in [9.17, 15) is 34.8 Å². The Bertz CT molecular complexity index is 1540. The molecule has 7 nitrogen and oxygen atoms in total. The minimum absolute atomic E-state index is 0.112. The second-order valence-corrected chi connectivity index (χ2v) is 14.3. The molecule has 0 aliphatic rings. The Morgan fingerprint density at radius 2 is 1.63 bits per heavy atom. The third-order valence-corrected chi connectivity index (χ3v) is 9.41. The highest BCUT2D eigenvalue weighted by Gasteiger charge is 2.40. The number of hydrogen-bond donors (Lipinski definition) is 0. The number of ether oxygens (including phenoxy) is 1. The van der Waals surface area contributed by atoms with Crippen LogP contribution < -0.4 is 0 Å². The number of carbonyl (C=O) groups excluding carboxylic acids is 1. The Balaban J connectivity index is 2.05. The van der Waals surface area contributed by atoms with Crippen LogP contribution in [0.4, 0.5) is 13.2 Å². The van der Waals surface area contributed by atoms with Crippen molar-refractivity contribution in [3.63, 3.8) is 0 Å². The number of rotatable bonds is 9. The van der Waals surface area contributed by atoms with Crippen LogP contribution in [0.25, 0.3) is 10.4 Å². The maximum atomic E-state index is 13.7. The summed E-state index contributed by atoms with van der Waals surface area (Å²) in [5.41, 5.74) is -2.07. The van der Waals surface area contributed by atoms with E-state index < -0.39 is 54.6 Å². The van der Waals surface area contributed by atoms with Gasteiger partial charge in [-0.05, 0) is 55.8 Å². The summed E-state index contributed by atoms with van der Waals surface area (Å²) in [7, 11) is -8.17. The lowest BCUT2D eigenvalue weighted by Crippen LogP contribution is -2.44. The summed E-state index contributed by atoms with van der Waals surface area (Å²) in [5.74, 6) is -0.674. The average molecular weight is 590 g/mol. The van der Waals surface area contributed by atoms with E-state index >= 15 is 0 Å². The van der Waals surface area contributed by atoms with Gasteiger partial charge in [-0.15, -0.1) is 11.3 Å². The molecule has 13 heteroatoms. The highest BCUT2D eigenvalue weighted by Crippen LogP contribution is 2.37. The largest absolute Gasteiger partial charge is 0.458 e. The van der Waals surface area contributed by atoms with E-state index in [0.29, 0.717) is 21.4 Å². The van der Waals surface area contributed by atoms with E-state index in [-0.39, 0.29) is 11.4 Å². The zero-order valence-electron chi connectivity index (χ0n) is 20.9. The first-order valence-corrected chi connectivity index (χ1v) is 15.3. The number of carbonyl (C=O) groups is 1. The number of halogens is 3. The van der Waals surface area contributed by atoms with Crippen LogP contribution in [0.3, 0.4) is 0 Å². The van der Waals surface area contributed by atoms with Crippen LogP contribution in [0, 0.1) is 0 Å². The predicted molar refractivity (Wildman–Crippen MR) is 138 cm³/mol. The van der Waals surface area contributed by atoms with E-state index in [0.717, 1.165) is 41.0 Å². The third-order valence-electron chi connectivity index (χ3n) is 5.33. The summed E-state index contributed by atoms with van der Waals surface area (Å²) in [4.78, 5) is 11.9. The molecule has 0 fully saturated rings. The topological polar surface area (TPSA) is 97.8 Å². The molecule has 0 aliphatic heterocycles. The number of hydrogen-bond acceptors (Lipinski definition) is 7. The van der Waals surface area contributed by atoms with Gasteiger partial charge in [0, 0.05) is 29.5 Å². The van der Waals surface area contributed by atoms with Crippen LogP contribution in [-0.2, 0) is 42.1 Å². The molecule has 0 bridgehead atoms. The molecule has 206 valence electrons. The number of thiophene rings is 1. The van der Waals surface area contributed by atoms with Crippen LogP contribution in [0.15, 0.2) is 70.5 Å². The molecule has 3 rings (SSSR count). The summed E-state index contributed by atoms with van der Waals surface area (Å²) >= 11 is 1.16. The molecular formula is C25H26F3NO6S3. The SMILES string of the molecule is CC(=O)OC(C)(C)CN(Cc1ccc(-c2cccc(S(C)(=O)=O)c2)s1)S(=O)(=O)c1ccccc1C(F)(F)F. The van der Waals surface area contributed by atoms with Crippen molar-refractivity contribution in [2.45, 2.75) is 48.9 Å². The van der Waals surface area contributed by atoms with E-state index in [1.807, 2.05) is 0 Å². The fourth-order valence-corrected chi connectivity index (χ4v) is 7.36. The Hall–Kier alpha value is -2.74. The van der Waals surface area contributed by atoms with Crippen LogP contribution in [-0.4, -0.2) is 45.5 Å². The van der Waals surface area contributed by atoms with Gasteiger partial charge < -0.3 is 4.74 Å². The van der Waals surface area contributed by atoms with Crippen molar-refractivity contribution in [1.82, 2.24) is 4.31 Å². The van der Waals surface area contributed by atoms with E-state index in [1.165, 1.54) is 32.0 Å². The fourth-order valence-electron chi connectivity index (χ4n) is 3.81. The lowest BCUT2D eigenvalue weighted by molar-refractivity contribution is -0.154. The van der Waals surface area contributed by atoms with Crippen molar-refractivity contribution in [1.29, 1.82) is 0 Å². The van der Waals surface area contributed by atoms with Gasteiger partial charge in [0.25, 0.3) is 0 Å². The molecule has 1 heterocycles. The highest BCUT2D eigenvalue weighted by atomic mass is 32.2. The second-order valence-electron chi connectivity index (χ2n) is 9.19. The minimum Gasteiger partial charge on any atom is -0.458 e. The Morgan fingerprint density at radius 3 is 2.24 bits per heavy atom. The standard InChI is InChI=1S/C25H26F3NO6S3/c1-17(30)35-24(2,3)16-29(38(33,34)23-11-6-5-10-21(23)25(26,27)28)15-19-12-13-22(36-19)18-8-7-9-20(14-18)37(4,31)32/h5-14H,15-16H2,1-4H3. The Morgan fingerprint density at radius 1 is 0.974 bits per heavy atom. The lowest BCUT2D eigenvalue weighted by Gasteiger charge is -2.32. The normalized spacial score (nSPS) is 13.1. The van der Waals surface area contributed by atoms with E-state index in [1.54, 1.807) is 24.3 Å². The van der Waals surface area contributed by atoms with Crippen LogP contribution in [0.2, 0.25) is 0 Å². The van der Waals surface area contributed by atoms with Gasteiger partial charge in [0.2, 0.25) is 10.0 Å². The van der Waals surface area contributed by atoms with Crippen LogP contribution >= 0.6 is 11.3 Å². The summed E-state index contributed by atoms with van der Waals surface area (Å²) < 4.78 is 98.3. The summed E-state index contributed by atoms with van der Waals surface area (Å²) in [6.07, 6.45) is -3.83. The molecule has 3 aromatic rings.